The lowest BCUT2D eigenvalue weighted by Gasteiger charge is -2.18. The Kier molecular flexibility index (Phi) is 2.45. The molecule has 0 spiro atoms. The lowest BCUT2D eigenvalue weighted by Crippen LogP contribution is -2.25. The van der Waals surface area contributed by atoms with Gasteiger partial charge in [0.2, 0.25) is 0 Å². The molecule has 1 nitrogen and oxygen atoms in total. The van der Waals surface area contributed by atoms with Crippen molar-refractivity contribution in [3.8, 4) is 5.75 Å². The zero-order valence-electron chi connectivity index (χ0n) is 7.31. The molecule has 1 atom stereocenters. The van der Waals surface area contributed by atoms with Crippen LogP contribution in [0, 0.1) is 0 Å². The summed E-state index contributed by atoms with van der Waals surface area (Å²) in [7, 11) is 0. The second-order valence-corrected chi connectivity index (χ2v) is 4.82. The predicted molar refractivity (Wildman–Crippen MR) is 63.2 cm³/mol. The van der Waals surface area contributed by atoms with E-state index >= 15 is 0 Å². The van der Waals surface area contributed by atoms with Gasteiger partial charge in [-0.05, 0) is 18.2 Å². The van der Waals surface area contributed by atoms with Crippen LogP contribution in [0.15, 0.2) is 18.2 Å². The van der Waals surface area contributed by atoms with E-state index in [1.807, 2.05) is 18.2 Å². The highest BCUT2D eigenvalue weighted by molar-refractivity contribution is 14.1. The minimum absolute atomic E-state index is 0.140. The summed E-state index contributed by atoms with van der Waals surface area (Å²) in [5.74, 6) is 0.989. The van der Waals surface area contributed by atoms with E-state index in [1.54, 1.807) is 0 Å². The molecule has 0 saturated carbocycles. The fourth-order valence-corrected chi connectivity index (χ4v) is 2.33. The highest BCUT2D eigenvalue weighted by atomic mass is 127. The first kappa shape index (κ1) is 9.59. The molecule has 0 N–H and O–H groups in total. The molecule has 1 unspecified atom stereocenters. The van der Waals surface area contributed by atoms with Gasteiger partial charge in [-0.1, -0.05) is 41.1 Å². The van der Waals surface area contributed by atoms with E-state index in [4.69, 9.17) is 16.3 Å². The van der Waals surface area contributed by atoms with Gasteiger partial charge in [0, 0.05) is 20.4 Å². The third-order valence-corrected chi connectivity index (χ3v) is 4.35. The maximum atomic E-state index is 5.95. The van der Waals surface area contributed by atoms with Crippen molar-refractivity contribution in [3.05, 3.63) is 28.8 Å². The molecule has 0 fully saturated rings. The maximum absolute atomic E-state index is 5.95. The molecule has 0 bridgehead atoms. The van der Waals surface area contributed by atoms with Crippen LogP contribution in [0.25, 0.3) is 0 Å². The number of benzene rings is 1. The molecule has 0 amide bonds. The Morgan fingerprint density at radius 3 is 3.08 bits per heavy atom. The molecule has 0 aromatic heterocycles. The standard InChI is InChI=1S/C10H10ClIO/c1-10(5-12)6-13-9-3-2-7(11)4-8(9)10/h2-4H,5-6H2,1H3. The molecular formula is C10H10ClIO. The number of ether oxygens (including phenoxy) is 1. The second kappa shape index (κ2) is 3.31. The van der Waals surface area contributed by atoms with Gasteiger partial charge in [-0.2, -0.15) is 0 Å². The van der Waals surface area contributed by atoms with Gasteiger partial charge >= 0.3 is 0 Å². The van der Waals surface area contributed by atoms with E-state index in [1.165, 1.54) is 5.56 Å². The monoisotopic (exact) mass is 308 g/mol. The lowest BCUT2D eigenvalue weighted by molar-refractivity contribution is 0.295. The molecule has 0 radical (unpaired) electrons. The van der Waals surface area contributed by atoms with E-state index in [2.05, 4.69) is 29.5 Å². The van der Waals surface area contributed by atoms with Crippen LogP contribution in [0.5, 0.6) is 5.75 Å². The van der Waals surface area contributed by atoms with Gasteiger partial charge in [0.1, 0.15) is 5.75 Å². The number of hydrogen-bond donors (Lipinski definition) is 0. The summed E-state index contributed by atoms with van der Waals surface area (Å²) >= 11 is 8.34. The van der Waals surface area contributed by atoms with Crippen molar-refractivity contribution in [1.29, 1.82) is 0 Å². The Bertz CT molecular complexity index is 340. The molecule has 13 heavy (non-hydrogen) atoms. The fraction of sp³-hybridized carbons (Fsp3) is 0.400. The van der Waals surface area contributed by atoms with Crippen LogP contribution in [0.4, 0.5) is 0 Å². The van der Waals surface area contributed by atoms with Gasteiger partial charge in [-0.15, -0.1) is 0 Å². The molecule has 0 aliphatic carbocycles. The Balaban J connectivity index is 2.52. The minimum atomic E-state index is 0.140. The molecule has 1 heterocycles. The second-order valence-electron chi connectivity index (χ2n) is 3.62. The predicted octanol–water partition coefficient (Wildman–Crippen LogP) is 3.43. The smallest absolute Gasteiger partial charge is 0.123 e. The van der Waals surface area contributed by atoms with Crippen molar-refractivity contribution in [2.24, 2.45) is 0 Å². The quantitative estimate of drug-likeness (QED) is 0.570. The van der Waals surface area contributed by atoms with Gasteiger partial charge in [-0.3, -0.25) is 0 Å². The first-order valence-corrected chi connectivity index (χ1v) is 6.05. The molecule has 1 aliphatic rings. The van der Waals surface area contributed by atoms with Crippen LogP contribution in [0.2, 0.25) is 5.02 Å². The number of halogens is 2. The summed E-state index contributed by atoms with van der Waals surface area (Å²) < 4.78 is 6.65. The SMILES string of the molecule is CC1(CI)COc2ccc(Cl)cc21. The summed E-state index contributed by atoms with van der Waals surface area (Å²) in [5.41, 5.74) is 1.38. The number of hydrogen-bond acceptors (Lipinski definition) is 1. The van der Waals surface area contributed by atoms with Crippen molar-refractivity contribution >= 4 is 34.2 Å². The van der Waals surface area contributed by atoms with Crippen LogP contribution >= 0.6 is 34.2 Å². The van der Waals surface area contributed by atoms with E-state index in [-0.39, 0.29) is 5.41 Å². The van der Waals surface area contributed by atoms with E-state index in [9.17, 15) is 0 Å². The first-order valence-electron chi connectivity index (χ1n) is 4.14. The third-order valence-electron chi connectivity index (χ3n) is 2.43. The molecule has 1 aromatic carbocycles. The van der Waals surface area contributed by atoms with E-state index in [0.717, 1.165) is 21.8 Å². The van der Waals surface area contributed by atoms with Crippen LogP contribution in [0.1, 0.15) is 12.5 Å². The van der Waals surface area contributed by atoms with Gasteiger partial charge in [0.25, 0.3) is 0 Å². The molecule has 2 rings (SSSR count). The zero-order chi connectivity index (χ0) is 9.47. The molecule has 1 aromatic rings. The van der Waals surface area contributed by atoms with Gasteiger partial charge in [-0.25, -0.2) is 0 Å². The van der Waals surface area contributed by atoms with E-state index in [0.29, 0.717) is 0 Å². The number of alkyl halides is 1. The van der Waals surface area contributed by atoms with Gasteiger partial charge in [0.05, 0.1) is 6.61 Å². The summed E-state index contributed by atoms with van der Waals surface area (Å²) in [6.45, 7) is 2.98. The molecule has 1 aliphatic heterocycles. The Morgan fingerprint density at radius 1 is 1.62 bits per heavy atom. The fourth-order valence-electron chi connectivity index (χ4n) is 1.53. The molecule has 3 heteroatoms. The first-order chi connectivity index (χ1) is 6.15. The van der Waals surface area contributed by atoms with Crippen molar-refractivity contribution in [1.82, 2.24) is 0 Å². The van der Waals surface area contributed by atoms with Crippen LogP contribution in [-0.2, 0) is 5.41 Å². The Labute approximate surface area is 96.6 Å². The van der Waals surface area contributed by atoms with Crippen LogP contribution in [-0.4, -0.2) is 11.0 Å². The van der Waals surface area contributed by atoms with Gasteiger partial charge < -0.3 is 4.74 Å². The Hall–Kier alpha value is 0.0400. The normalized spacial score (nSPS) is 25.5. The van der Waals surface area contributed by atoms with Crippen molar-refractivity contribution < 1.29 is 4.74 Å². The Morgan fingerprint density at radius 2 is 2.38 bits per heavy atom. The largest absolute Gasteiger partial charge is 0.492 e. The van der Waals surface area contributed by atoms with Crippen molar-refractivity contribution in [2.75, 3.05) is 11.0 Å². The average molecular weight is 309 g/mol. The van der Waals surface area contributed by atoms with E-state index < -0.39 is 0 Å². The van der Waals surface area contributed by atoms with Crippen LogP contribution in [0.3, 0.4) is 0 Å². The number of fused-ring (bicyclic) bond motifs is 1. The summed E-state index contributed by atoms with van der Waals surface area (Å²) in [4.78, 5) is 0. The molecule has 70 valence electrons. The summed E-state index contributed by atoms with van der Waals surface area (Å²) in [6, 6.07) is 5.84. The zero-order valence-corrected chi connectivity index (χ0v) is 10.2. The van der Waals surface area contributed by atoms with Gasteiger partial charge in [0.15, 0.2) is 0 Å². The summed E-state index contributed by atoms with van der Waals surface area (Å²) in [6.07, 6.45) is 0. The third kappa shape index (κ3) is 1.54. The topological polar surface area (TPSA) is 9.23 Å². The molecular weight excluding hydrogens is 298 g/mol. The minimum Gasteiger partial charge on any atom is -0.492 e. The summed E-state index contributed by atoms with van der Waals surface area (Å²) in [5, 5.41) is 0.792. The van der Waals surface area contributed by atoms with Crippen molar-refractivity contribution in [3.63, 3.8) is 0 Å². The highest BCUT2D eigenvalue weighted by Gasteiger charge is 2.35. The van der Waals surface area contributed by atoms with Crippen LogP contribution < -0.4 is 4.74 Å². The average Bonchev–Trinajstić information content (AvgIpc) is 2.45. The lowest BCUT2D eigenvalue weighted by atomic mass is 9.87. The van der Waals surface area contributed by atoms with Crippen molar-refractivity contribution in [2.45, 2.75) is 12.3 Å². The number of rotatable bonds is 1. The highest BCUT2D eigenvalue weighted by Crippen LogP contribution is 2.40. The maximum Gasteiger partial charge on any atom is 0.123 e. The molecule has 0 saturated heterocycles.